The maximum Gasteiger partial charge on any atom is 0.217 e. The van der Waals surface area contributed by atoms with E-state index in [4.69, 9.17) is 0 Å². The highest BCUT2D eigenvalue weighted by molar-refractivity contribution is 5.74. The van der Waals surface area contributed by atoms with E-state index in [1.54, 1.807) is 6.92 Å². The van der Waals surface area contributed by atoms with Gasteiger partial charge in [-0.1, -0.05) is 18.2 Å². The van der Waals surface area contributed by atoms with Crippen LogP contribution in [0.4, 0.5) is 5.69 Å². The summed E-state index contributed by atoms with van der Waals surface area (Å²) in [7, 11) is 0. The lowest BCUT2D eigenvalue weighted by Gasteiger charge is -2.31. The van der Waals surface area contributed by atoms with Crippen LogP contribution in [-0.4, -0.2) is 11.9 Å². The van der Waals surface area contributed by atoms with Gasteiger partial charge in [0.2, 0.25) is 5.91 Å². The third-order valence-corrected chi connectivity index (χ3v) is 2.70. The van der Waals surface area contributed by atoms with Crippen molar-refractivity contribution >= 4 is 11.6 Å². The van der Waals surface area contributed by atoms with E-state index < -0.39 is 0 Å². The van der Waals surface area contributed by atoms with Gasteiger partial charge in [-0.3, -0.25) is 4.79 Å². The fourth-order valence-corrected chi connectivity index (χ4v) is 2.12. The minimum atomic E-state index is 0.0314. The third kappa shape index (κ3) is 2.12. The molecule has 2 rings (SSSR count). The zero-order chi connectivity index (χ0) is 10.8. The standard InChI is InChI=1S/C12H16N2O/c1-8-7-12(14-9(2)15)10-5-3-4-6-11(10)13-8/h3-6,8,12-13H,7H2,1-2H3,(H,14,15)/t8-,12+/m1/s1. The molecule has 15 heavy (non-hydrogen) atoms. The molecule has 0 unspecified atom stereocenters. The lowest BCUT2D eigenvalue weighted by atomic mass is 9.94. The molecule has 80 valence electrons. The molecule has 3 nitrogen and oxygen atoms in total. The Morgan fingerprint density at radius 1 is 1.47 bits per heavy atom. The van der Waals surface area contributed by atoms with E-state index >= 15 is 0 Å². The number of amides is 1. The second-order valence-electron chi connectivity index (χ2n) is 4.12. The summed E-state index contributed by atoms with van der Waals surface area (Å²) in [6.45, 7) is 3.69. The highest BCUT2D eigenvalue weighted by atomic mass is 16.1. The molecule has 1 aliphatic heterocycles. The third-order valence-electron chi connectivity index (χ3n) is 2.70. The van der Waals surface area contributed by atoms with Gasteiger partial charge in [-0.15, -0.1) is 0 Å². The summed E-state index contributed by atoms with van der Waals surface area (Å²) in [5.74, 6) is 0.0314. The number of benzene rings is 1. The summed E-state index contributed by atoms with van der Waals surface area (Å²) >= 11 is 0. The first-order chi connectivity index (χ1) is 7.16. The molecule has 0 fully saturated rings. The number of hydrogen-bond acceptors (Lipinski definition) is 2. The average Bonchev–Trinajstić information content (AvgIpc) is 2.16. The zero-order valence-corrected chi connectivity index (χ0v) is 9.08. The van der Waals surface area contributed by atoms with Gasteiger partial charge in [0.15, 0.2) is 0 Å². The molecule has 1 heterocycles. The van der Waals surface area contributed by atoms with E-state index in [9.17, 15) is 4.79 Å². The summed E-state index contributed by atoms with van der Waals surface area (Å²) in [5, 5.41) is 6.40. The minimum absolute atomic E-state index is 0.0314. The Morgan fingerprint density at radius 3 is 2.93 bits per heavy atom. The van der Waals surface area contributed by atoms with Crippen LogP contribution < -0.4 is 10.6 Å². The number of carbonyl (C=O) groups excluding carboxylic acids is 1. The van der Waals surface area contributed by atoms with Crippen LogP contribution in [0.5, 0.6) is 0 Å². The lowest BCUT2D eigenvalue weighted by Crippen LogP contribution is -2.35. The van der Waals surface area contributed by atoms with Crippen molar-refractivity contribution in [1.29, 1.82) is 0 Å². The number of rotatable bonds is 1. The van der Waals surface area contributed by atoms with Gasteiger partial charge in [-0.25, -0.2) is 0 Å². The summed E-state index contributed by atoms with van der Waals surface area (Å²) < 4.78 is 0. The summed E-state index contributed by atoms with van der Waals surface area (Å²) in [6, 6.07) is 8.68. The van der Waals surface area contributed by atoms with Crippen LogP contribution in [0.2, 0.25) is 0 Å². The van der Waals surface area contributed by atoms with Crippen LogP contribution in [0.1, 0.15) is 31.9 Å². The predicted molar refractivity (Wildman–Crippen MR) is 60.7 cm³/mol. The first-order valence-corrected chi connectivity index (χ1v) is 5.29. The van der Waals surface area contributed by atoms with Gasteiger partial charge in [-0.05, 0) is 25.0 Å². The van der Waals surface area contributed by atoms with Gasteiger partial charge >= 0.3 is 0 Å². The topological polar surface area (TPSA) is 41.1 Å². The van der Waals surface area contributed by atoms with Crippen LogP contribution in [0.15, 0.2) is 24.3 Å². The molecule has 0 radical (unpaired) electrons. The van der Waals surface area contributed by atoms with E-state index in [2.05, 4.69) is 29.7 Å². The van der Waals surface area contributed by atoms with Crippen molar-refractivity contribution in [2.24, 2.45) is 0 Å². The van der Waals surface area contributed by atoms with Crippen molar-refractivity contribution < 1.29 is 4.79 Å². The van der Waals surface area contributed by atoms with Gasteiger partial charge in [0.05, 0.1) is 6.04 Å². The summed E-state index contributed by atoms with van der Waals surface area (Å²) in [4.78, 5) is 11.1. The van der Waals surface area contributed by atoms with E-state index in [1.165, 1.54) is 5.56 Å². The van der Waals surface area contributed by atoms with E-state index in [0.29, 0.717) is 6.04 Å². The van der Waals surface area contributed by atoms with Gasteiger partial charge in [0.1, 0.15) is 0 Å². The van der Waals surface area contributed by atoms with Gasteiger partial charge in [0.25, 0.3) is 0 Å². The van der Waals surface area contributed by atoms with E-state index in [1.807, 2.05) is 12.1 Å². The maximum atomic E-state index is 11.1. The molecule has 0 saturated carbocycles. The Balaban J connectivity index is 2.29. The van der Waals surface area contributed by atoms with Crippen LogP contribution in [-0.2, 0) is 4.79 Å². The Labute approximate surface area is 89.9 Å². The molecule has 0 spiro atoms. The molecule has 1 amide bonds. The van der Waals surface area contributed by atoms with Gasteiger partial charge in [-0.2, -0.15) is 0 Å². The van der Waals surface area contributed by atoms with Crippen molar-refractivity contribution in [3.8, 4) is 0 Å². The first-order valence-electron chi connectivity index (χ1n) is 5.29. The van der Waals surface area contributed by atoms with Crippen molar-refractivity contribution in [2.45, 2.75) is 32.4 Å². The summed E-state index contributed by atoms with van der Waals surface area (Å²) in [6.07, 6.45) is 0.941. The number of carbonyl (C=O) groups is 1. The van der Waals surface area contributed by atoms with Crippen molar-refractivity contribution in [3.05, 3.63) is 29.8 Å². The largest absolute Gasteiger partial charge is 0.382 e. The highest BCUT2D eigenvalue weighted by Crippen LogP contribution is 2.31. The second-order valence-corrected chi connectivity index (χ2v) is 4.12. The number of anilines is 1. The first kappa shape index (κ1) is 10.0. The molecule has 1 aromatic carbocycles. The number of nitrogens with one attached hydrogen (secondary N) is 2. The summed E-state index contributed by atoms with van der Waals surface area (Å²) in [5.41, 5.74) is 2.32. The van der Waals surface area contributed by atoms with E-state index in [0.717, 1.165) is 12.1 Å². The highest BCUT2D eigenvalue weighted by Gasteiger charge is 2.23. The fourth-order valence-electron chi connectivity index (χ4n) is 2.12. The molecular weight excluding hydrogens is 188 g/mol. The monoisotopic (exact) mass is 204 g/mol. The van der Waals surface area contributed by atoms with Gasteiger partial charge < -0.3 is 10.6 Å². The Hall–Kier alpha value is -1.51. The molecule has 1 aliphatic rings. The average molecular weight is 204 g/mol. The second kappa shape index (κ2) is 3.93. The molecular formula is C12H16N2O. The van der Waals surface area contributed by atoms with Crippen LogP contribution >= 0.6 is 0 Å². The Morgan fingerprint density at radius 2 is 2.20 bits per heavy atom. The normalized spacial score (nSPS) is 23.9. The lowest BCUT2D eigenvalue weighted by molar-refractivity contribution is -0.119. The van der Waals surface area contributed by atoms with Crippen LogP contribution in [0, 0.1) is 0 Å². The quantitative estimate of drug-likeness (QED) is 0.735. The van der Waals surface area contributed by atoms with Crippen molar-refractivity contribution in [1.82, 2.24) is 5.32 Å². The van der Waals surface area contributed by atoms with Crippen molar-refractivity contribution in [3.63, 3.8) is 0 Å². The molecule has 0 bridgehead atoms. The van der Waals surface area contributed by atoms with Crippen LogP contribution in [0.3, 0.4) is 0 Å². The molecule has 3 heteroatoms. The fraction of sp³-hybridized carbons (Fsp3) is 0.417. The molecule has 0 aromatic heterocycles. The number of hydrogen-bond donors (Lipinski definition) is 2. The van der Waals surface area contributed by atoms with Gasteiger partial charge in [0, 0.05) is 18.7 Å². The van der Waals surface area contributed by atoms with Crippen LogP contribution in [0.25, 0.3) is 0 Å². The zero-order valence-electron chi connectivity index (χ0n) is 9.08. The SMILES string of the molecule is CC(=O)N[C@H]1C[C@@H](C)Nc2ccccc21. The number of fused-ring (bicyclic) bond motifs is 1. The molecule has 1 aromatic rings. The molecule has 0 saturated heterocycles. The molecule has 0 aliphatic carbocycles. The predicted octanol–water partition coefficient (Wildman–Crippen LogP) is 2.07. The minimum Gasteiger partial charge on any atom is -0.382 e. The molecule has 2 N–H and O–H groups in total. The van der Waals surface area contributed by atoms with Crippen molar-refractivity contribution in [2.75, 3.05) is 5.32 Å². The Kier molecular flexibility index (Phi) is 2.62. The maximum absolute atomic E-state index is 11.1. The number of para-hydroxylation sites is 1. The molecule has 2 atom stereocenters. The smallest absolute Gasteiger partial charge is 0.217 e. The Bertz CT molecular complexity index is 376. The van der Waals surface area contributed by atoms with E-state index in [-0.39, 0.29) is 11.9 Å².